The Balaban J connectivity index is 1.30. The van der Waals surface area contributed by atoms with Crippen LogP contribution in [0.15, 0.2) is 77.7 Å². The lowest BCUT2D eigenvalue weighted by Crippen LogP contribution is -2.55. The van der Waals surface area contributed by atoms with E-state index in [0.717, 1.165) is 35.6 Å². The van der Waals surface area contributed by atoms with Crippen LogP contribution in [0.1, 0.15) is 37.7 Å². The maximum absolute atomic E-state index is 14.1. The Morgan fingerprint density at radius 3 is 2.42 bits per heavy atom. The number of nitrogens with one attached hydrogen (secondary N) is 3. The number of sulfonamides is 1. The minimum atomic E-state index is -4.23. The lowest BCUT2D eigenvalue weighted by Gasteiger charge is -2.38. The van der Waals surface area contributed by atoms with Crippen molar-refractivity contribution in [2.24, 2.45) is 5.73 Å². The second kappa shape index (κ2) is 15.5. The topological polar surface area (TPSA) is 178 Å². The summed E-state index contributed by atoms with van der Waals surface area (Å²) in [5, 5.41) is 12.1. The number of likely N-dealkylation sites (tertiary alicyclic amines) is 1. The van der Waals surface area contributed by atoms with Gasteiger partial charge in [0.1, 0.15) is 12.6 Å². The number of benzene rings is 3. The van der Waals surface area contributed by atoms with Crippen LogP contribution in [0, 0.1) is 5.41 Å². The Bertz CT molecular complexity index is 1730. The molecule has 14 heteroatoms. The zero-order chi connectivity index (χ0) is 34.3. The number of guanidine groups is 1. The van der Waals surface area contributed by atoms with E-state index >= 15 is 0 Å². The molecule has 0 radical (unpaired) electrons. The fourth-order valence-corrected chi connectivity index (χ4v) is 7.12. The molecular weight excluding hydrogens is 634 g/mol. The predicted octanol–water partition coefficient (Wildman–Crippen LogP) is 2.61. The smallest absolute Gasteiger partial charge is 0.407 e. The van der Waals surface area contributed by atoms with E-state index in [0.29, 0.717) is 19.5 Å². The summed E-state index contributed by atoms with van der Waals surface area (Å²) >= 11 is 0. The first-order chi connectivity index (χ1) is 23.0. The molecule has 0 aromatic heterocycles. The van der Waals surface area contributed by atoms with Gasteiger partial charge in [-0.15, -0.1) is 0 Å². The van der Waals surface area contributed by atoms with Gasteiger partial charge in [-0.25, -0.2) is 13.2 Å². The molecule has 0 unspecified atom stereocenters. The third-order valence-corrected chi connectivity index (χ3v) is 10.3. The summed E-state index contributed by atoms with van der Waals surface area (Å²) in [6.45, 7) is 1.27. The van der Waals surface area contributed by atoms with Crippen molar-refractivity contribution in [3.05, 3.63) is 78.4 Å². The molecule has 256 valence electrons. The van der Waals surface area contributed by atoms with E-state index in [1.165, 1.54) is 21.9 Å². The average molecular weight is 678 g/mol. The second-order valence-corrected chi connectivity index (χ2v) is 14.0. The zero-order valence-corrected chi connectivity index (χ0v) is 27.8. The van der Waals surface area contributed by atoms with E-state index in [1.54, 1.807) is 24.1 Å². The summed E-state index contributed by atoms with van der Waals surface area (Å²) in [4.78, 5) is 44.9. The number of nitrogens with two attached hydrogens (primary N) is 1. The standard InChI is InChI=1S/C34H43N7O6S/c1-39(28-12-7-18-40(22-28)33(35)36)31(42)21-30(38-48(45,46)29-16-13-25-10-5-6-11-26(25)20-29)32(43)41(27-14-15-27)19-17-37-34(44)47-23-24-8-3-2-4-9-24/h2-6,8-11,13,16,20,27-28,30,38H,7,12,14-15,17-19,21-23H2,1H3,(H3,35,36)(H,37,44)/t28-,30-/m0/s1. The Morgan fingerprint density at radius 2 is 1.71 bits per heavy atom. The quantitative estimate of drug-likeness (QED) is 0.158. The van der Waals surface area contributed by atoms with Crippen molar-refractivity contribution in [1.29, 1.82) is 5.41 Å². The number of hydrogen-bond donors (Lipinski definition) is 4. The van der Waals surface area contributed by atoms with Gasteiger partial charge in [0.2, 0.25) is 21.8 Å². The molecule has 5 rings (SSSR count). The average Bonchev–Trinajstić information content (AvgIpc) is 3.94. The largest absolute Gasteiger partial charge is 0.445 e. The van der Waals surface area contributed by atoms with Gasteiger partial charge < -0.3 is 30.5 Å². The minimum Gasteiger partial charge on any atom is -0.445 e. The lowest BCUT2D eigenvalue weighted by atomic mass is 10.0. The fraction of sp³-hybridized carbons (Fsp3) is 0.412. The van der Waals surface area contributed by atoms with Gasteiger partial charge in [-0.3, -0.25) is 15.0 Å². The van der Waals surface area contributed by atoms with E-state index in [2.05, 4.69) is 10.0 Å². The molecule has 3 aromatic rings. The van der Waals surface area contributed by atoms with E-state index in [1.807, 2.05) is 48.5 Å². The number of ether oxygens (including phenoxy) is 1. The molecule has 1 heterocycles. The van der Waals surface area contributed by atoms with Crippen molar-refractivity contribution in [3.63, 3.8) is 0 Å². The lowest BCUT2D eigenvalue weighted by molar-refractivity contribution is -0.139. The van der Waals surface area contributed by atoms with Crippen molar-refractivity contribution in [2.45, 2.75) is 61.7 Å². The van der Waals surface area contributed by atoms with Gasteiger partial charge in [-0.05, 0) is 54.2 Å². The van der Waals surface area contributed by atoms with Crippen molar-refractivity contribution in [2.75, 3.05) is 33.2 Å². The summed E-state index contributed by atoms with van der Waals surface area (Å²) in [7, 11) is -2.60. The van der Waals surface area contributed by atoms with Crippen LogP contribution < -0.4 is 15.8 Å². The van der Waals surface area contributed by atoms with Crippen LogP contribution in [-0.2, 0) is 31.0 Å². The molecule has 1 saturated carbocycles. The third kappa shape index (κ3) is 9.01. The molecule has 2 fully saturated rings. The molecule has 5 N–H and O–H groups in total. The van der Waals surface area contributed by atoms with Gasteiger partial charge in [0.05, 0.1) is 11.3 Å². The molecular formula is C34H43N7O6S. The number of carbonyl (C=O) groups excluding carboxylic acids is 3. The summed E-state index contributed by atoms with van der Waals surface area (Å²) < 4.78 is 35.3. The maximum atomic E-state index is 14.1. The Hall–Kier alpha value is -4.69. The Morgan fingerprint density at radius 1 is 1.00 bits per heavy atom. The van der Waals surface area contributed by atoms with E-state index in [9.17, 15) is 22.8 Å². The number of piperidine rings is 1. The first-order valence-corrected chi connectivity index (χ1v) is 17.6. The monoisotopic (exact) mass is 677 g/mol. The molecule has 2 aliphatic rings. The molecule has 3 amide bonds. The number of hydrogen-bond acceptors (Lipinski definition) is 7. The first kappa shape index (κ1) is 34.6. The Kier molecular flexibility index (Phi) is 11.2. The SMILES string of the molecule is CN(C(=O)C[C@H](NS(=O)(=O)c1ccc2ccccc2c1)C(=O)N(CCNC(=O)OCc1ccccc1)C1CC1)[C@H]1CCCN(C(=N)N)C1. The Labute approximate surface area is 280 Å². The van der Waals surface area contributed by atoms with Crippen LogP contribution in [0.3, 0.4) is 0 Å². The second-order valence-electron chi connectivity index (χ2n) is 12.3. The molecule has 0 bridgehead atoms. The molecule has 0 spiro atoms. The van der Waals surface area contributed by atoms with Gasteiger partial charge in [0.15, 0.2) is 5.96 Å². The normalized spacial score (nSPS) is 16.9. The predicted molar refractivity (Wildman–Crippen MR) is 181 cm³/mol. The summed E-state index contributed by atoms with van der Waals surface area (Å²) in [5.41, 5.74) is 6.53. The van der Waals surface area contributed by atoms with Gasteiger partial charge in [0, 0.05) is 45.3 Å². The van der Waals surface area contributed by atoms with Crippen molar-refractivity contribution in [3.8, 4) is 0 Å². The van der Waals surface area contributed by atoms with Gasteiger partial charge >= 0.3 is 6.09 Å². The van der Waals surface area contributed by atoms with Crippen LogP contribution in [-0.4, -0.2) is 98.3 Å². The fourth-order valence-electron chi connectivity index (χ4n) is 5.89. The molecule has 13 nitrogen and oxygen atoms in total. The van der Waals surface area contributed by atoms with E-state index < -0.39 is 40.4 Å². The van der Waals surface area contributed by atoms with Crippen LogP contribution in [0.5, 0.6) is 0 Å². The molecule has 3 aromatic carbocycles. The number of amides is 3. The molecule has 1 aliphatic heterocycles. The first-order valence-electron chi connectivity index (χ1n) is 16.1. The van der Waals surface area contributed by atoms with Gasteiger partial charge in [-0.1, -0.05) is 60.7 Å². The van der Waals surface area contributed by atoms with Crippen LogP contribution in [0.4, 0.5) is 4.79 Å². The number of likely N-dealkylation sites (N-methyl/N-ethyl adjacent to an activating group) is 1. The maximum Gasteiger partial charge on any atom is 0.407 e. The highest BCUT2D eigenvalue weighted by Gasteiger charge is 2.39. The number of rotatable bonds is 13. The minimum absolute atomic E-state index is 0.0232. The molecule has 2 atom stereocenters. The third-order valence-electron chi connectivity index (χ3n) is 8.79. The van der Waals surface area contributed by atoms with Gasteiger partial charge in [-0.2, -0.15) is 4.72 Å². The molecule has 1 saturated heterocycles. The highest BCUT2D eigenvalue weighted by molar-refractivity contribution is 7.89. The van der Waals surface area contributed by atoms with Crippen molar-refractivity contribution in [1.82, 2.24) is 24.7 Å². The molecule has 1 aliphatic carbocycles. The highest BCUT2D eigenvalue weighted by Crippen LogP contribution is 2.28. The number of alkyl carbamates (subject to hydrolysis) is 1. The van der Waals surface area contributed by atoms with E-state index in [-0.39, 0.29) is 42.6 Å². The summed E-state index contributed by atoms with van der Waals surface area (Å²) in [6.07, 6.45) is 1.83. The van der Waals surface area contributed by atoms with Crippen molar-refractivity contribution < 1.29 is 27.5 Å². The van der Waals surface area contributed by atoms with Crippen LogP contribution in [0.25, 0.3) is 10.8 Å². The summed E-state index contributed by atoms with van der Waals surface area (Å²) in [6, 6.07) is 19.5. The summed E-state index contributed by atoms with van der Waals surface area (Å²) in [5.74, 6) is -1.03. The van der Waals surface area contributed by atoms with Crippen LogP contribution >= 0.6 is 0 Å². The van der Waals surface area contributed by atoms with Crippen molar-refractivity contribution >= 4 is 44.7 Å². The van der Waals surface area contributed by atoms with Crippen LogP contribution in [0.2, 0.25) is 0 Å². The van der Waals surface area contributed by atoms with Gasteiger partial charge in [0.25, 0.3) is 0 Å². The van der Waals surface area contributed by atoms with E-state index in [4.69, 9.17) is 15.9 Å². The molecule has 48 heavy (non-hydrogen) atoms. The number of nitrogens with zero attached hydrogens (tertiary/aromatic N) is 3. The highest BCUT2D eigenvalue weighted by atomic mass is 32.2. The number of carbonyl (C=O) groups is 3. The number of fused-ring (bicyclic) bond motifs is 1. The zero-order valence-electron chi connectivity index (χ0n) is 27.0.